The Labute approximate surface area is 68.3 Å². The molecule has 3 heteroatoms. The summed E-state index contributed by atoms with van der Waals surface area (Å²) in [6, 6.07) is 0. The van der Waals surface area contributed by atoms with E-state index in [9.17, 15) is 0 Å². The minimum absolute atomic E-state index is 0.344. The Morgan fingerprint density at radius 1 is 1.09 bits per heavy atom. The fourth-order valence-corrected chi connectivity index (χ4v) is 0.598. The number of aliphatic hydroxyl groups is 1. The molecule has 11 heavy (non-hydrogen) atoms. The summed E-state index contributed by atoms with van der Waals surface area (Å²) in [5.74, 6) is 0. The average molecular weight is 162 g/mol. The van der Waals surface area contributed by atoms with Crippen LogP contribution in [-0.4, -0.2) is 38.1 Å². The van der Waals surface area contributed by atoms with Crippen molar-refractivity contribution in [1.29, 1.82) is 0 Å². The molecule has 0 radical (unpaired) electrons. The van der Waals surface area contributed by atoms with E-state index in [0.717, 1.165) is 39.3 Å². The van der Waals surface area contributed by atoms with Gasteiger partial charge in [0, 0.05) is 6.61 Å². The third-order valence-corrected chi connectivity index (χ3v) is 1.26. The highest BCUT2D eigenvalue weighted by Gasteiger charge is 1.94. The molecule has 1 rings (SSSR count). The van der Waals surface area contributed by atoms with E-state index in [4.69, 9.17) is 14.6 Å². The van der Waals surface area contributed by atoms with E-state index >= 15 is 0 Å². The van der Waals surface area contributed by atoms with Crippen molar-refractivity contribution in [3.05, 3.63) is 0 Å². The van der Waals surface area contributed by atoms with Crippen LogP contribution in [0.2, 0.25) is 0 Å². The van der Waals surface area contributed by atoms with E-state index in [2.05, 4.69) is 6.92 Å². The largest absolute Gasteiger partial charge is 0.396 e. The van der Waals surface area contributed by atoms with Gasteiger partial charge in [-0.25, -0.2) is 0 Å². The summed E-state index contributed by atoms with van der Waals surface area (Å²) in [6.07, 6.45) is 2.04. The zero-order chi connectivity index (χ0) is 8.36. The van der Waals surface area contributed by atoms with Gasteiger partial charge >= 0.3 is 0 Å². The van der Waals surface area contributed by atoms with Gasteiger partial charge in [-0.05, 0) is 6.42 Å². The smallest absolute Gasteiger partial charge is 0.0701 e. The summed E-state index contributed by atoms with van der Waals surface area (Å²) in [6.45, 7) is 5.51. The number of unbranched alkanes of at least 4 members (excludes halogenated alkanes) is 1. The highest BCUT2D eigenvalue weighted by Crippen LogP contribution is 1.85. The van der Waals surface area contributed by atoms with Crippen molar-refractivity contribution in [3.63, 3.8) is 0 Å². The molecular formula is C8H18O3. The number of aliphatic hydroxyl groups excluding tert-OH is 1. The molecule has 0 bridgehead atoms. The summed E-state index contributed by atoms with van der Waals surface area (Å²) in [4.78, 5) is 0. The molecule has 0 saturated carbocycles. The molecule has 1 aliphatic rings. The predicted molar refractivity (Wildman–Crippen MR) is 43.6 cm³/mol. The molecular weight excluding hydrogens is 144 g/mol. The highest BCUT2D eigenvalue weighted by atomic mass is 16.6. The first kappa shape index (κ1) is 10.9. The van der Waals surface area contributed by atoms with Crippen LogP contribution in [0.25, 0.3) is 0 Å². The van der Waals surface area contributed by atoms with Crippen molar-refractivity contribution in [2.45, 2.75) is 19.8 Å². The van der Waals surface area contributed by atoms with Gasteiger partial charge in [0.25, 0.3) is 0 Å². The number of rotatable bonds is 2. The van der Waals surface area contributed by atoms with Crippen LogP contribution >= 0.6 is 0 Å². The van der Waals surface area contributed by atoms with Crippen LogP contribution in [-0.2, 0) is 9.47 Å². The second-order valence-electron chi connectivity index (χ2n) is 2.30. The average Bonchev–Trinajstić information content (AvgIpc) is 2.10. The SMILES string of the molecule is C1COCCO1.CCCCO. The zero-order valence-electron chi connectivity index (χ0n) is 7.21. The monoisotopic (exact) mass is 162 g/mol. The first-order chi connectivity index (χ1) is 5.41. The lowest BCUT2D eigenvalue weighted by Gasteiger charge is -2.09. The van der Waals surface area contributed by atoms with Crippen LogP contribution in [0.3, 0.4) is 0 Å². The molecule has 68 valence electrons. The molecule has 0 amide bonds. The molecule has 0 aromatic rings. The van der Waals surface area contributed by atoms with Gasteiger partial charge < -0.3 is 14.6 Å². The second kappa shape index (κ2) is 9.88. The van der Waals surface area contributed by atoms with E-state index in [1.54, 1.807) is 0 Å². The van der Waals surface area contributed by atoms with Crippen LogP contribution in [0.15, 0.2) is 0 Å². The van der Waals surface area contributed by atoms with E-state index in [0.29, 0.717) is 6.61 Å². The summed E-state index contributed by atoms with van der Waals surface area (Å²) in [5.41, 5.74) is 0. The van der Waals surface area contributed by atoms with Gasteiger partial charge in [-0.2, -0.15) is 0 Å². The maximum Gasteiger partial charge on any atom is 0.0701 e. The Morgan fingerprint density at radius 3 is 1.64 bits per heavy atom. The Kier molecular flexibility index (Phi) is 9.77. The highest BCUT2D eigenvalue weighted by molar-refractivity contribution is 4.37. The second-order valence-corrected chi connectivity index (χ2v) is 2.30. The van der Waals surface area contributed by atoms with Crippen molar-refractivity contribution in [2.24, 2.45) is 0 Å². The molecule has 3 nitrogen and oxygen atoms in total. The van der Waals surface area contributed by atoms with Crippen molar-refractivity contribution in [3.8, 4) is 0 Å². The standard InChI is InChI=1S/C4H8O2.C4H10O/c1-2-6-4-3-5-1;1-2-3-4-5/h1-4H2;5H,2-4H2,1H3. The number of ether oxygens (including phenoxy) is 2. The maximum atomic E-state index is 8.07. The maximum absolute atomic E-state index is 8.07. The Morgan fingerprint density at radius 2 is 1.55 bits per heavy atom. The van der Waals surface area contributed by atoms with Gasteiger partial charge in [0.15, 0.2) is 0 Å². The normalized spacial score (nSPS) is 16.9. The predicted octanol–water partition coefficient (Wildman–Crippen LogP) is 0.812. The molecule has 0 spiro atoms. The van der Waals surface area contributed by atoms with Gasteiger partial charge in [0.05, 0.1) is 26.4 Å². The minimum Gasteiger partial charge on any atom is -0.396 e. The Balaban J connectivity index is 0.000000187. The summed E-state index contributed by atoms with van der Waals surface area (Å²) in [5, 5.41) is 8.07. The molecule has 0 aromatic heterocycles. The lowest BCUT2D eigenvalue weighted by atomic mass is 10.4. The molecule has 0 unspecified atom stereocenters. The van der Waals surface area contributed by atoms with Gasteiger partial charge in [-0.3, -0.25) is 0 Å². The molecule has 0 atom stereocenters. The molecule has 1 saturated heterocycles. The molecule has 1 N–H and O–H groups in total. The molecule has 0 aliphatic carbocycles. The summed E-state index contributed by atoms with van der Waals surface area (Å²) in [7, 11) is 0. The van der Waals surface area contributed by atoms with Crippen LogP contribution in [0.4, 0.5) is 0 Å². The summed E-state index contributed by atoms with van der Waals surface area (Å²) < 4.78 is 9.89. The first-order valence-corrected chi connectivity index (χ1v) is 4.18. The van der Waals surface area contributed by atoms with Crippen LogP contribution in [0.1, 0.15) is 19.8 Å². The number of hydrogen-bond acceptors (Lipinski definition) is 3. The Hall–Kier alpha value is -0.120. The fraction of sp³-hybridized carbons (Fsp3) is 1.00. The quantitative estimate of drug-likeness (QED) is 0.653. The van der Waals surface area contributed by atoms with Crippen LogP contribution in [0, 0.1) is 0 Å². The van der Waals surface area contributed by atoms with Gasteiger partial charge in [0.1, 0.15) is 0 Å². The molecule has 1 heterocycles. The first-order valence-electron chi connectivity index (χ1n) is 4.18. The van der Waals surface area contributed by atoms with E-state index < -0.39 is 0 Å². The van der Waals surface area contributed by atoms with E-state index in [-0.39, 0.29) is 0 Å². The van der Waals surface area contributed by atoms with Gasteiger partial charge in [0.2, 0.25) is 0 Å². The van der Waals surface area contributed by atoms with Crippen LogP contribution in [0.5, 0.6) is 0 Å². The summed E-state index contributed by atoms with van der Waals surface area (Å²) >= 11 is 0. The van der Waals surface area contributed by atoms with E-state index in [1.165, 1.54) is 0 Å². The topological polar surface area (TPSA) is 38.7 Å². The van der Waals surface area contributed by atoms with E-state index in [1.807, 2.05) is 0 Å². The van der Waals surface area contributed by atoms with Crippen molar-refractivity contribution in [1.82, 2.24) is 0 Å². The fourth-order valence-electron chi connectivity index (χ4n) is 0.598. The third kappa shape index (κ3) is 9.88. The molecule has 1 fully saturated rings. The van der Waals surface area contributed by atoms with Gasteiger partial charge in [-0.1, -0.05) is 13.3 Å². The lowest BCUT2D eigenvalue weighted by Crippen LogP contribution is -2.16. The minimum atomic E-state index is 0.344. The van der Waals surface area contributed by atoms with Gasteiger partial charge in [-0.15, -0.1) is 0 Å². The third-order valence-electron chi connectivity index (χ3n) is 1.26. The zero-order valence-corrected chi connectivity index (χ0v) is 7.21. The van der Waals surface area contributed by atoms with Crippen molar-refractivity contribution >= 4 is 0 Å². The number of hydrogen-bond donors (Lipinski definition) is 1. The van der Waals surface area contributed by atoms with Crippen molar-refractivity contribution in [2.75, 3.05) is 33.0 Å². The van der Waals surface area contributed by atoms with Crippen LogP contribution < -0.4 is 0 Å². The van der Waals surface area contributed by atoms with Crippen molar-refractivity contribution < 1.29 is 14.6 Å². The lowest BCUT2D eigenvalue weighted by molar-refractivity contribution is -0.0334. The molecule has 0 aromatic carbocycles. The molecule has 1 aliphatic heterocycles. The Bertz CT molecular complexity index is 48.8.